The second kappa shape index (κ2) is 8.36. The van der Waals surface area contributed by atoms with Crippen LogP contribution in [0.15, 0.2) is 24.3 Å². The molecule has 2 N–H and O–H groups in total. The summed E-state index contributed by atoms with van der Waals surface area (Å²) in [4.78, 5) is 22.1. The molecule has 1 aromatic carbocycles. The first kappa shape index (κ1) is 17.1. The van der Waals surface area contributed by atoms with E-state index in [0.29, 0.717) is 6.54 Å². The van der Waals surface area contributed by atoms with Crippen LogP contribution >= 0.6 is 0 Å². The van der Waals surface area contributed by atoms with E-state index >= 15 is 0 Å². The van der Waals surface area contributed by atoms with Crippen molar-refractivity contribution in [2.24, 2.45) is 0 Å². The van der Waals surface area contributed by atoms with Gasteiger partial charge in [-0.15, -0.1) is 0 Å². The Balaban J connectivity index is 2.46. The molecular formula is C15H23N3O3. The van der Waals surface area contributed by atoms with E-state index in [1.54, 1.807) is 12.1 Å². The average molecular weight is 293 g/mol. The standard InChI is InChI=1S/C15H23N3O3/c1-4-13(5-2)17-15(19)11(3)16-10-12-6-8-14(9-7-12)18(20)21/h6-9,11,13,16H,4-5,10H2,1-3H3,(H,17,19). The van der Waals surface area contributed by atoms with E-state index in [0.717, 1.165) is 18.4 Å². The minimum atomic E-state index is -0.428. The summed E-state index contributed by atoms with van der Waals surface area (Å²) >= 11 is 0. The summed E-state index contributed by atoms with van der Waals surface area (Å²) in [6.07, 6.45) is 1.83. The van der Waals surface area contributed by atoms with Crippen molar-refractivity contribution in [2.75, 3.05) is 0 Å². The molecule has 0 aliphatic heterocycles. The van der Waals surface area contributed by atoms with Crippen LogP contribution in [-0.4, -0.2) is 22.9 Å². The summed E-state index contributed by atoms with van der Waals surface area (Å²) in [6.45, 7) is 6.39. The fraction of sp³-hybridized carbons (Fsp3) is 0.533. The Hall–Kier alpha value is -1.95. The molecule has 0 heterocycles. The summed E-state index contributed by atoms with van der Waals surface area (Å²) in [5, 5.41) is 16.7. The lowest BCUT2D eigenvalue weighted by molar-refractivity contribution is -0.384. The van der Waals surface area contributed by atoms with Gasteiger partial charge in [0.1, 0.15) is 0 Å². The van der Waals surface area contributed by atoms with Crippen LogP contribution in [0.4, 0.5) is 5.69 Å². The monoisotopic (exact) mass is 293 g/mol. The molecular weight excluding hydrogens is 270 g/mol. The van der Waals surface area contributed by atoms with E-state index in [1.807, 2.05) is 20.8 Å². The van der Waals surface area contributed by atoms with Crippen molar-refractivity contribution in [3.63, 3.8) is 0 Å². The Bertz CT molecular complexity index is 470. The molecule has 0 radical (unpaired) electrons. The second-order valence-corrected chi connectivity index (χ2v) is 5.05. The maximum absolute atomic E-state index is 12.0. The lowest BCUT2D eigenvalue weighted by Crippen LogP contribution is -2.45. The van der Waals surface area contributed by atoms with Crippen LogP contribution in [-0.2, 0) is 11.3 Å². The maximum atomic E-state index is 12.0. The molecule has 116 valence electrons. The summed E-state index contributed by atoms with van der Waals surface area (Å²) in [5.74, 6) is -0.0226. The first-order valence-corrected chi connectivity index (χ1v) is 7.25. The van der Waals surface area contributed by atoms with E-state index in [9.17, 15) is 14.9 Å². The molecule has 0 fully saturated rings. The molecule has 0 saturated carbocycles. The number of carbonyl (C=O) groups is 1. The Morgan fingerprint density at radius 3 is 2.29 bits per heavy atom. The predicted molar refractivity (Wildman–Crippen MR) is 81.9 cm³/mol. The lowest BCUT2D eigenvalue weighted by Gasteiger charge is -2.19. The quantitative estimate of drug-likeness (QED) is 0.569. The lowest BCUT2D eigenvalue weighted by atomic mass is 10.1. The molecule has 0 aliphatic carbocycles. The summed E-state index contributed by atoms with van der Waals surface area (Å²) in [7, 11) is 0. The van der Waals surface area contributed by atoms with Crippen molar-refractivity contribution < 1.29 is 9.72 Å². The smallest absolute Gasteiger partial charge is 0.269 e. The molecule has 1 atom stereocenters. The van der Waals surface area contributed by atoms with Gasteiger partial charge in [0.25, 0.3) is 5.69 Å². The molecule has 1 rings (SSSR count). The van der Waals surface area contributed by atoms with Crippen LogP contribution < -0.4 is 10.6 Å². The van der Waals surface area contributed by atoms with Crippen molar-refractivity contribution in [1.29, 1.82) is 0 Å². The molecule has 21 heavy (non-hydrogen) atoms. The van der Waals surface area contributed by atoms with Crippen LogP contribution in [0, 0.1) is 10.1 Å². The van der Waals surface area contributed by atoms with E-state index in [-0.39, 0.29) is 23.7 Å². The number of nitrogens with one attached hydrogen (secondary N) is 2. The van der Waals surface area contributed by atoms with Crippen molar-refractivity contribution >= 4 is 11.6 Å². The van der Waals surface area contributed by atoms with Gasteiger partial charge in [-0.1, -0.05) is 26.0 Å². The Morgan fingerprint density at radius 1 is 1.24 bits per heavy atom. The van der Waals surface area contributed by atoms with E-state index < -0.39 is 4.92 Å². The zero-order chi connectivity index (χ0) is 15.8. The van der Waals surface area contributed by atoms with Gasteiger partial charge in [-0.05, 0) is 25.3 Å². The SMILES string of the molecule is CCC(CC)NC(=O)C(C)NCc1ccc([N+](=O)[O-])cc1. The predicted octanol–water partition coefficient (Wildman–Crippen LogP) is 2.38. The number of amides is 1. The third-order valence-electron chi connectivity index (χ3n) is 3.48. The fourth-order valence-corrected chi connectivity index (χ4v) is 1.92. The van der Waals surface area contributed by atoms with E-state index in [1.165, 1.54) is 12.1 Å². The van der Waals surface area contributed by atoms with Crippen LogP contribution in [0.3, 0.4) is 0 Å². The number of carbonyl (C=O) groups excluding carboxylic acids is 1. The molecule has 0 aromatic heterocycles. The van der Waals surface area contributed by atoms with E-state index in [4.69, 9.17) is 0 Å². The second-order valence-electron chi connectivity index (χ2n) is 5.05. The Labute approximate surface area is 125 Å². The largest absolute Gasteiger partial charge is 0.352 e. The van der Waals surface area contributed by atoms with E-state index in [2.05, 4.69) is 10.6 Å². The highest BCUT2D eigenvalue weighted by Gasteiger charge is 2.15. The van der Waals surface area contributed by atoms with Gasteiger partial charge >= 0.3 is 0 Å². The van der Waals surface area contributed by atoms with Crippen molar-refractivity contribution in [1.82, 2.24) is 10.6 Å². The topological polar surface area (TPSA) is 84.3 Å². The Kier molecular flexibility index (Phi) is 6.81. The van der Waals surface area contributed by atoms with Gasteiger partial charge in [-0.2, -0.15) is 0 Å². The van der Waals surface area contributed by atoms with Gasteiger partial charge in [0, 0.05) is 24.7 Å². The van der Waals surface area contributed by atoms with Gasteiger partial charge in [-0.25, -0.2) is 0 Å². The van der Waals surface area contributed by atoms with Gasteiger partial charge in [0.2, 0.25) is 5.91 Å². The van der Waals surface area contributed by atoms with Gasteiger partial charge in [-0.3, -0.25) is 14.9 Å². The zero-order valence-corrected chi connectivity index (χ0v) is 12.8. The summed E-state index contributed by atoms with van der Waals surface area (Å²) in [5.41, 5.74) is 0.973. The zero-order valence-electron chi connectivity index (χ0n) is 12.8. The number of nitrogens with zero attached hydrogens (tertiary/aromatic N) is 1. The normalized spacial score (nSPS) is 12.2. The van der Waals surface area contributed by atoms with Gasteiger partial charge < -0.3 is 10.6 Å². The first-order chi connectivity index (χ1) is 9.97. The van der Waals surface area contributed by atoms with Crippen molar-refractivity contribution in [2.45, 2.75) is 52.2 Å². The van der Waals surface area contributed by atoms with Crippen molar-refractivity contribution in [3.05, 3.63) is 39.9 Å². The van der Waals surface area contributed by atoms with Crippen LogP contribution in [0.5, 0.6) is 0 Å². The third-order valence-corrected chi connectivity index (χ3v) is 3.48. The number of non-ortho nitro benzene ring substituents is 1. The molecule has 6 nitrogen and oxygen atoms in total. The van der Waals surface area contributed by atoms with Gasteiger partial charge in [0.05, 0.1) is 11.0 Å². The van der Waals surface area contributed by atoms with Gasteiger partial charge in [0.15, 0.2) is 0 Å². The Morgan fingerprint density at radius 2 is 1.81 bits per heavy atom. The summed E-state index contributed by atoms with van der Waals surface area (Å²) in [6, 6.07) is 6.22. The van der Waals surface area contributed by atoms with Crippen molar-refractivity contribution in [3.8, 4) is 0 Å². The highest BCUT2D eigenvalue weighted by molar-refractivity contribution is 5.81. The number of hydrogen-bond acceptors (Lipinski definition) is 4. The minimum absolute atomic E-state index is 0.0226. The molecule has 1 amide bonds. The number of rotatable bonds is 8. The van der Waals surface area contributed by atoms with Crippen LogP contribution in [0.25, 0.3) is 0 Å². The highest BCUT2D eigenvalue weighted by atomic mass is 16.6. The molecule has 0 saturated heterocycles. The highest BCUT2D eigenvalue weighted by Crippen LogP contribution is 2.11. The third kappa shape index (κ3) is 5.51. The molecule has 1 aromatic rings. The summed E-state index contributed by atoms with van der Waals surface area (Å²) < 4.78 is 0. The van der Waals surface area contributed by atoms with Crippen LogP contribution in [0.1, 0.15) is 39.2 Å². The molecule has 1 unspecified atom stereocenters. The average Bonchev–Trinajstić information content (AvgIpc) is 2.50. The maximum Gasteiger partial charge on any atom is 0.269 e. The molecule has 0 spiro atoms. The molecule has 0 bridgehead atoms. The molecule has 0 aliphatic rings. The number of nitro benzene ring substituents is 1. The number of benzene rings is 1. The molecule has 6 heteroatoms. The fourth-order valence-electron chi connectivity index (χ4n) is 1.92. The van der Waals surface area contributed by atoms with Crippen LogP contribution in [0.2, 0.25) is 0 Å². The number of hydrogen-bond donors (Lipinski definition) is 2. The minimum Gasteiger partial charge on any atom is -0.352 e. The number of nitro groups is 1. The first-order valence-electron chi connectivity index (χ1n) is 7.25.